The van der Waals surface area contributed by atoms with Crippen LogP contribution in [-0.2, 0) is 21.2 Å². The monoisotopic (exact) mass is 548 g/mol. The van der Waals surface area contributed by atoms with Crippen molar-refractivity contribution in [3.63, 3.8) is 0 Å². The van der Waals surface area contributed by atoms with E-state index in [0.717, 1.165) is 49.8 Å². The minimum absolute atomic E-state index is 0.0276. The minimum Gasteiger partial charge on any atom is -0.326 e. The number of sulfonamides is 1. The number of carbonyl (C=O) groups excluding carboxylic acids is 1. The fourth-order valence-electron chi connectivity index (χ4n) is 5.89. The number of anilines is 2. The molecule has 0 saturated heterocycles. The second kappa shape index (κ2) is 12.2. The quantitative estimate of drug-likeness (QED) is 0.374. The lowest BCUT2D eigenvalue weighted by Gasteiger charge is -2.32. The topological polar surface area (TPSA) is 66.5 Å². The molecule has 1 N–H and O–H groups in total. The van der Waals surface area contributed by atoms with Gasteiger partial charge < -0.3 is 5.32 Å². The molecule has 4 unspecified atom stereocenters. The molecule has 1 aliphatic heterocycles. The molecule has 1 heterocycles. The van der Waals surface area contributed by atoms with Crippen LogP contribution in [0.5, 0.6) is 0 Å². The van der Waals surface area contributed by atoms with Crippen LogP contribution in [0, 0.1) is 23.6 Å². The number of benzene rings is 2. The number of nitrogens with one attached hydrogen (secondary N) is 1. The number of rotatable bonds is 7. The summed E-state index contributed by atoms with van der Waals surface area (Å²) in [5.74, 6) is 0.555. The lowest BCUT2D eigenvalue weighted by atomic mass is 9.78. The van der Waals surface area contributed by atoms with E-state index in [2.05, 4.69) is 19.2 Å². The number of alkyl halides is 1. The van der Waals surface area contributed by atoms with Crippen LogP contribution in [0.15, 0.2) is 47.4 Å². The largest absolute Gasteiger partial charge is 0.326 e. The van der Waals surface area contributed by atoms with Gasteiger partial charge in [0.1, 0.15) is 5.82 Å². The minimum atomic E-state index is -3.85. The van der Waals surface area contributed by atoms with Gasteiger partial charge in [-0.25, -0.2) is 12.8 Å². The van der Waals surface area contributed by atoms with Gasteiger partial charge in [0.05, 0.1) is 10.6 Å². The number of carbonyl (C=O) groups is 1. The van der Waals surface area contributed by atoms with Gasteiger partial charge in [0.15, 0.2) is 0 Å². The zero-order chi connectivity index (χ0) is 26.6. The normalized spacial score (nSPS) is 23.5. The summed E-state index contributed by atoms with van der Waals surface area (Å²) in [5.41, 5.74) is 2.05. The molecule has 2 aromatic rings. The lowest BCUT2D eigenvalue weighted by Crippen LogP contribution is -2.35. The van der Waals surface area contributed by atoms with Gasteiger partial charge in [-0.1, -0.05) is 45.6 Å². The maximum absolute atomic E-state index is 13.4. The highest BCUT2D eigenvalue weighted by Crippen LogP contribution is 2.37. The van der Waals surface area contributed by atoms with Crippen molar-refractivity contribution in [3.05, 3.63) is 53.8 Å². The molecule has 0 bridgehead atoms. The van der Waals surface area contributed by atoms with Gasteiger partial charge in [-0.05, 0) is 85.9 Å². The molecule has 202 valence electrons. The van der Waals surface area contributed by atoms with Gasteiger partial charge in [0, 0.05) is 23.5 Å². The summed E-state index contributed by atoms with van der Waals surface area (Å²) in [6.07, 6.45) is 8.35. The van der Waals surface area contributed by atoms with Crippen LogP contribution in [0.1, 0.15) is 70.8 Å². The highest BCUT2D eigenvalue weighted by atomic mass is 35.5. The van der Waals surface area contributed by atoms with Gasteiger partial charge in [-0.3, -0.25) is 9.10 Å². The zero-order valence-electron chi connectivity index (χ0n) is 21.8. The van der Waals surface area contributed by atoms with Gasteiger partial charge >= 0.3 is 0 Å². The number of amides is 1. The molecule has 2 aromatic carbocycles. The van der Waals surface area contributed by atoms with Gasteiger partial charge in [-0.2, -0.15) is 0 Å². The first-order valence-electron chi connectivity index (χ1n) is 13.5. The maximum Gasteiger partial charge on any atom is 0.264 e. The first kappa shape index (κ1) is 27.9. The van der Waals surface area contributed by atoms with Crippen molar-refractivity contribution >= 4 is 38.9 Å². The molecule has 4 atom stereocenters. The Morgan fingerprint density at radius 2 is 1.89 bits per heavy atom. The van der Waals surface area contributed by atoms with E-state index >= 15 is 0 Å². The molecule has 4 rings (SSSR count). The Hall–Kier alpha value is -2.12. The highest BCUT2D eigenvalue weighted by molar-refractivity contribution is 7.92. The molecule has 0 aromatic heterocycles. The number of aryl methyl sites for hydroxylation is 1. The fraction of sp³-hybridized carbons (Fsp3) is 0.552. The van der Waals surface area contributed by atoms with Crippen LogP contribution in [0.3, 0.4) is 0 Å². The van der Waals surface area contributed by atoms with Gasteiger partial charge in [0.2, 0.25) is 5.91 Å². The van der Waals surface area contributed by atoms with Gasteiger partial charge in [0.25, 0.3) is 10.0 Å². The smallest absolute Gasteiger partial charge is 0.264 e. The third kappa shape index (κ3) is 6.66. The molecular formula is C29H38ClFN2O3S. The molecule has 1 aliphatic carbocycles. The van der Waals surface area contributed by atoms with E-state index in [1.165, 1.54) is 29.3 Å². The first-order valence-corrected chi connectivity index (χ1v) is 15.4. The van der Waals surface area contributed by atoms with E-state index < -0.39 is 15.8 Å². The summed E-state index contributed by atoms with van der Waals surface area (Å²) in [5, 5.41) is 3.01. The summed E-state index contributed by atoms with van der Waals surface area (Å²) in [6.45, 7) is 4.87. The van der Waals surface area contributed by atoms with Crippen LogP contribution < -0.4 is 9.62 Å². The molecule has 5 nitrogen and oxygen atoms in total. The maximum atomic E-state index is 13.4. The molecular weight excluding hydrogens is 511 g/mol. The van der Waals surface area contributed by atoms with Crippen LogP contribution in [-0.4, -0.2) is 26.2 Å². The number of hydrogen-bond acceptors (Lipinski definition) is 3. The van der Waals surface area contributed by atoms with E-state index in [9.17, 15) is 17.6 Å². The average Bonchev–Trinajstić information content (AvgIpc) is 2.85. The molecule has 0 radical (unpaired) electrons. The SMILES string of the molecule is CCCC(C)C1CCCC(C(=O)Nc2ccc3c(c2)N(S(=O)(=O)c2ccc(F)cc2)CCC3)CC(Cl)C1. The zero-order valence-corrected chi connectivity index (χ0v) is 23.3. The molecule has 2 aliphatic rings. The van der Waals surface area contributed by atoms with Crippen LogP contribution >= 0.6 is 11.6 Å². The van der Waals surface area contributed by atoms with Gasteiger partial charge in [-0.15, -0.1) is 11.6 Å². The third-order valence-corrected chi connectivity index (χ3v) is 10.2. The molecule has 1 saturated carbocycles. The Balaban J connectivity index is 1.48. The van der Waals surface area contributed by atoms with Crippen molar-refractivity contribution in [3.8, 4) is 0 Å². The number of nitrogens with zero attached hydrogens (tertiary/aromatic N) is 1. The predicted molar refractivity (Wildman–Crippen MR) is 148 cm³/mol. The Bertz CT molecular complexity index is 1190. The average molecular weight is 549 g/mol. The van der Waals surface area contributed by atoms with E-state index in [4.69, 9.17) is 11.6 Å². The molecule has 1 fully saturated rings. The molecule has 8 heteroatoms. The Kier molecular flexibility index (Phi) is 9.17. The summed E-state index contributed by atoms with van der Waals surface area (Å²) in [4.78, 5) is 13.3. The lowest BCUT2D eigenvalue weighted by molar-refractivity contribution is -0.120. The predicted octanol–water partition coefficient (Wildman–Crippen LogP) is 7.15. The molecule has 37 heavy (non-hydrogen) atoms. The first-order chi connectivity index (χ1) is 17.7. The second-order valence-corrected chi connectivity index (χ2v) is 13.2. The van der Waals surface area contributed by atoms with E-state index in [1.807, 2.05) is 12.1 Å². The van der Waals surface area contributed by atoms with Crippen molar-refractivity contribution in [2.45, 2.75) is 81.9 Å². The van der Waals surface area contributed by atoms with Crippen molar-refractivity contribution in [1.29, 1.82) is 0 Å². The fourth-order valence-corrected chi connectivity index (χ4v) is 7.86. The number of halogens is 2. The third-order valence-electron chi connectivity index (χ3n) is 7.98. The number of fused-ring (bicyclic) bond motifs is 1. The summed E-state index contributed by atoms with van der Waals surface area (Å²) >= 11 is 6.73. The van der Waals surface area contributed by atoms with Crippen molar-refractivity contribution < 1.29 is 17.6 Å². The Morgan fingerprint density at radius 3 is 2.62 bits per heavy atom. The molecule has 0 spiro atoms. The molecule has 1 amide bonds. The number of hydrogen-bond donors (Lipinski definition) is 1. The summed E-state index contributed by atoms with van der Waals surface area (Å²) in [7, 11) is -3.85. The van der Waals surface area contributed by atoms with Crippen molar-refractivity contribution in [1.82, 2.24) is 0 Å². The van der Waals surface area contributed by atoms with Crippen LogP contribution in [0.25, 0.3) is 0 Å². The van der Waals surface area contributed by atoms with E-state index in [0.29, 0.717) is 42.6 Å². The van der Waals surface area contributed by atoms with Crippen molar-refractivity contribution in [2.75, 3.05) is 16.2 Å². The standard InChI is InChI=1S/C29H38ClFN2O3S/c1-3-6-20(2)22-7-4-8-23(18-24(30)17-22)29(34)32-26-13-10-21-9-5-16-33(28(21)19-26)37(35,36)27-14-11-25(31)12-15-27/h10-15,19-20,22-24H,3-9,16-18H2,1-2H3,(H,32,34). The Morgan fingerprint density at radius 1 is 1.14 bits per heavy atom. The van der Waals surface area contributed by atoms with Crippen molar-refractivity contribution in [2.24, 2.45) is 17.8 Å². The van der Waals surface area contributed by atoms with E-state index in [1.54, 1.807) is 6.07 Å². The van der Waals surface area contributed by atoms with Crippen LogP contribution in [0.4, 0.5) is 15.8 Å². The Labute approximate surface area is 225 Å². The summed E-state index contributed by atoms with van der Waals surface area (Å²) < 4.78 is 41.5. The van der Waals surface area contributed by atoms with E-state index in [-0.39, 0.29) is 22.1 Å². The summed E-state index contributed by atoms with van der Waals surface area (Å²) in [6, 6.07) is 10.4. The highest BCUT2D eigenvalue weighted by Gasteiger charge is 2.31. The van der Waals surface area contributed by atoms with Crippen LogP contribution in [0.2, 0.25) is 0 Å². The second-order valence-electron chi connectivity index (χ2n) is 10.7.